The summed E-state index contributed by atoms with van der Waals surface area (Å²) in [5, 5.41) is 6.48. The van der Waals surface area contributed by atoms with Crippen LogP contribution in [0.2, 0.25) is 0 Å². The van der Waals surface area contributed by atoms with Crippen molar-refractivity contribution >= 4 is 5.95 Å². The smallest absolute Gasteiger partial charge is 0.239 e. The molecule has 5 heteroatoms. The Kier molecular flexibility index (Phi) is 2.56. The minimum atomic E-state index is 0.0554. The highest BCUT2D eigenvalue weighted by molar-refractivity contribution is 5.13. The third kappa shape index (κ3) is 2.69. The fourth-order valence-electron chi connectivity index (χ4n) is 0.916. The van der Waals surface area contributed by atoms with Crippen LogP contribution >= 0.6 is 0 Å². The highest BCUT2D eigenvalue weighted by Crippen LogP contribution is 2.19. The maximum absolute atomic E-state index is 5.96. The largest absolute Gasteiger partial charge is 0.367 e. The van der Waals surface area contributed by atoms with Crippen molar-refractivity contribution < 1.29 is 0 Å². The van der Waals surface area contributed by atoms with Gasteiger partial charge in [-0.3, -0.25) is 5.10 Å². The highest BCUT2D eigenvalue weighted by Gasteiger charge is 2.21. The van der Waals surface area contributed by atoms with Crippen LogP contribution in [0.4, 0.5) is 5.95 Å². The fraction of sp³-hybridized carbons (Fsp3) is 0.750. The van der Waals surface area contributed by atoms with Crippen molar-refractivity contribution in [2.45, 2.75) is 33.2 Å². The maximum atomic E-state index is 5.96. The van der Waals surface area contributed by atoms with E-state index in [1.54, 1.807) is 0 Å². The number of H-pyrrole nitrogens is 1. The Labute approximate surface area is 77.9 Å². The normalized spacial score (nSPS) is 14.5. The molecule has 5 nitrogen and oxygen atoms in total. The van der Waals surface area contributed by atoms with Gasteiger partial charge in [0, 0.05) is 12.5 Å². The van der Waals surface area contributed by atoms with Gasteiger partial charge in [0.2, 0.25) is 5.95 Å². The Morgan fingerprint density at radius 2 is 2.08 bits per heavy atom. The van der Waals surface area contributed by atoms with Gasteiger partial charge in [0.05, 0.1) is 0 Å². The number of anilines is 1. The molecular formula is C8H17N5. The molecule has 13 heavy (non-hydrogen) atoms. The van der Waals surface area contributed by atoms with Gasteiger partial charge in [-0.1, -0.05) is 20.8 Å². The SMILES string of the molecule is CC(C)(C)C(N)Cc1nc(N)n[nH]1. The molecule has 0 aliphatic carbocycles. The van der Waals surface area contributed by atoms with Crippen LogP contribution in [0.1, 0.15) is 26.6 Å². The molecular weight excluding hydrogens is 166 g/mol. The first-order valence-corrected chi connectivity index (χ1v) is 4.32. The van der Waals surface area contributed by atoms with Crippen molar-refractivity contribution in [2.75, 3.05) is 5.73 Å². The van der Waals surface area contributed by atoms with Gasteiger partial charge < -0.3 is 11.5 Å². The van der Waals surface area contributed by atoms with E-state index < -0.39 is 0 Å². The molecule has 1 aromatic heterocycles. The Morgan fingerprint density at radius 1 is 1.46 bits per heavy atom. The van der Waals surface area contributed by atoms with E-state index in [-0.39, 0.29) is 17.4 Å². The number of hydrogen-bond donors (Lipinski definition) is 3. The standard InChI is InChI=1S/C8H17N5/c1-8(2,3)5(9)4-6-11-7(10)13-12-6/h5H,4,9H2,1-3H3,(H3,10,11,12,13). The topological polar surface area (TPSA) is 93.6 Å². The number of nitrogens with one attached hydrogen (secondary N) is 1. The molecule has 0 bridgehead atoms. The summed E-state index contributed by atoms with van der Waals surface area (Å²) in [6.07, 6.45) is 0.674. The van der Waals surface area contributed by atoms with Crippen molar-refractivity contribution in [1.82, 2.24) is 15.2 Å². The van der Waals surface area contributed by atoms with Crippen LogP contribution in [0.15, 0.2) is 0 Å². The van der Waals surface area contributed by atoms with Crippen molar-refractivity contribution in [3.05, 3.63) is 5.82 Å². The molecule has 74 valence electrons. The predicted octanol–water partition coefficient (Wildman–Crippen LogP) is 0.303. The molecule has 0 fully saturated rings. The lowest BCUT2D eigenvalue weighted by atomic mass is 9.85. The maximum Gasteiger partial charge on any atom is 0.239 e. The minimum absolute atomic E-state index is 0.0554. The van der Waals surface area contributed by atoms with Crippen molar-refractivity contribution in [3.8, 4) is 0 Å². The second kappa shape index (κ2) is 3.33. The molecule has 0 aromatic carbocycles. The molecule has 0 radical (unpaired) electrons. The van der Waals surface area contributed by atoms with Gasteiger partial charge in [-0.05, 0) is 5.41 Å². The van der Waals surface area contributed by atoms with Gasteiger partial charge in [0.15, 0.2) is 0 Å². The van der Waals surface area contributed by atoms with Crippen LogP contribution in [0.5, 0.6) is 0 Å². The quantitative estimate of drug-likeness (QED) is 0.614. The summed E-state index contributed by atoms with van der Waals surface area (Å²) >= 11 is 0. The molecule has 1 atom stereocenters. The molecule has 0 aliphatic rings. The summed E-state index contributed by atoms with van der Waals surface area (Å²) < 4.78 is 0. The van der Waals surface area contributed by atoms with Crippen molar-refractivity contribution in [3.63, 3.8) is 0 Å². The molecule has 0 spiro atoms. The molecule has 0 aliphatic heterocycles. The van der Waals surface area contributed by atoms with Crippen LogP contribution in [0.25, 0.3) is 0 Å². The lowest BCUT2D eigenvalue weighted by Gasteiger charge is -2.25. The number of aromatic nitrogens is 3. The third-order valence-electron chi connectivity index (χ3n) is 2.07. The molecule has 5 N–H and O–H groups in total. The monoisotopic (exact) mass is 183 g/mol. The van der Waals surface area contributed by atoms with Crippen LogP contribution in [-0.4, -0.2) is 21.2 Å². The Hall–Kier alpha value is -1.10. The zero-order chi connectivity index (χ0) is 10.1. The average Bonchev–Trinajstić information content (AvgIpc) is 2.33. The Morgan fingerprint density at radius 3 is 2.46 bits per heavy atom. The first-order chi connectivity index (χ1) is 5.89. The molecule has 1 aromatic rings. The van der Waals surface area contributed by atoms with E-state index in [9.17, 15) is 0 Å². The number of nitrogens with zero attached hydrogens (tertiary/aromatic N) is 2. The first-order valence-electron chi connectivity index (χ1n) is 4.32. The zero-order valence-electron chi connectivity index (χ0n) is 8.33. The lowest BCUT2D eigenvalue weighted by molar-refractivity contribution is 0.315. The molecule has 0 saturated heterocycles. The van der Waals surface area contributed by atoms with Crippen LogP contribution < -0.4 is 11.5 Å². The molecule has 1 heterocycles. The Balaban J connectivity index is 2.60. The van der Waals surface area contributed by atoms with Gasteiger partial charge >= 0.3 is 0 Å². The van der Waals surface area contributed by atoms with Crippen molar-refractivity contribution in [1.29, 1.82) is 0 Å². The summed E-state index contributed by atoms with van der Waals surface area (Å²) in [5.74, 6) is 1.02. The number of rotatable bonds is 2. The zero-order valence-corrected chi connectivity index (χ0v) is 8.33. The molecule has 1 unspecified atom stereocenters. The summed E-state index contributed by atoms with van der Waals surface area (Å²) in [4.78, 5) is 4.00. The number of hydrogen-bond acceptors (Lipinski definition) is 4. The van der Waals surface area contributed by atoms with Crippen LogP contribution in [0, 0.1) is 5.41 Å². The van der Waals surface area contributed by atoms with Gasteiger partial charge in [-0.2, -0.15) is 4.98 Å². The predicted molar refractivity (Wildman–Crippen MR) is 51.9 cm³/mol. The lowest BCUT2D eigenvalue weighted by Crippen LogP contribution is -2.37. The minimum Gasteiger partial charge on any atom is -0.367 e. The summed E-state index contributed by atoms with van der Waals surface area (Å²) in [6, 6.07) is 0.0554. The van der Waals surface area contributed by atoms with Gasteiger partial charge in [-0.25, -0.2) is 0 Å². The average molecular weight is 183 g/mol. The van der Waals surface area contributed by atoms with E-state index >= 15 is 0 Å². The van der Waals surface area contributed by atoms with Crippen LogP contribution in [0.3, 0.4) is 0 Å². The summed E-state index contributed by atoms with van der Waals surface area (Å²) in [6.45, 7) is 6.28. The van der Waals surface area contributed by atoms with E-state index in [1.165, 1.54) is 0 Å². The summed E-state index contributed by atoms with van der Waals surface area (Å²) in [5.41, 5.74) is 11.4. The highest BCUT2D eigenvalue weighted by atomic mass is 15.3. The number of nitrogens with two attached hydrogens (primary N) is 2. The van der Waals surface area contributed by atoms with Gasteiger partial charge in [-0.15, -0.1) is 5.10 Å². The van der Waals surface area contributed by atoms with Gasteiger partial charge in [0.1, 0.15) is 5.82 Å². The second-order valence-electron chi connectivity index (χ2n) is 4.32. The molecule has 0 amide bonds. The van der Waals surface area contributed by atoms with E-state index in [4.69, 9.17) is 11.5 Å². The number of nitrogen functional groups attached to an aromatic ring is 1. The van der Waals surface area contributed by atoms with Gasteiger partial charge in [0.25, 0.3) is 0 Å². The van der Waals surface area contributed by atoms with E-state index in [2.05, 4.69) is 36.0 Å². The Bertz CT molecular complexity index is 272. The van der Waals surface area contributed by atoms with Crippen LogP contribution in [-0.2, 0) is 6.42 Å². The van der Waals surface area contributed by atoms with E-state index in [1.807, 2.05) is 0 Å². The first kappa shape index (κ1) is 9.98. The fourth-order valence-corrected chi connectivity index (χ4v) is 0.916. The summed E-state index contributed by atoms with van der Waals surface area (Å²) in [7, 11) is 0. The second-order valence-corrected chi connectivity index (χ2v) is 4.32. The molecule has 0 saturated carbocycles. The van der Waals surface area contributed by atoms with E-state index in [0.29, 0.717) is 6.42 Å². The third-order valence-corrected chi connectivity index (χ3v) is 2.07. The van der Waals surface area contributed by atoms with Crippen molar-refractivity contribution in [2.24, 2.45) is 11.1 Å². The van der Waals surface area contributed by atoms with E-state index in [0.717, 1.165) is 5.82 Å². The molecule has 1 rings (SSSR count). The number of aromatic amines is 1.